The molecular formula is C14H20Cl2N4O. The fraction of sp³-hybridized carbons (Fsp3) is 0.429. The van der Waals surface area contributed by atoms with Gasteiger partial charge in [-0.1, -0.05) is 6.07 Å². The maximum Gasteiger partial charge on any atom is 0.250 e. The Morgan fingerprint density at radius 1 is 1.43 bits per heavy atom. The summed E-state index contributed by atoms with van der Waals surface area (Å²) in [5, 5.41) is 0. The zero-order chi connectivity index (χ0) is 13.6. The number of primary amides is 1. The number of aromatic nitrogens is 2. The lowest BCUT2D eigenvalue weighted by molar-refractivity contribution is 0.100. The number of aromatic amines is 1. The largest absolute Gasteiger partial charge is 0.366 e. The van der Waals surface area contributed by atoms with Gasteiger partial charge in [0.1, 0.15) is 11.3 Å². The molecule has 2 heterocycles. The second kappa shape index (κ2) is 6.22. The molecule has 1 aromatic carbocycles. The molecule has 1 atom stereocenters. The zero-order valence-corrected chi connectivity index (χ0v) is 13.7. The molecule has 1 saturated heterocycles. The number of likely N-dealkylation sites (tertiary alicyclic amines) is 1. The number of carbonyl (C=O) groups is 1. The third-order valence-corrected chi connectivity index (χ3v) is 4.29. The number of carbonyl (C=O) groups excluding carboxylic acids is 1. The van der Waals surface area contributed by atoms with Crippen molar-refractivity contribution in [2.24, 2.45) is 5.73 Å². The first-order valence-electron chi connectivity index (χ1n) is 6.52. The summed E-state index contributed by atoms with van der Waals surface area (Å²) in [6.07, 6.45) is 2.22. The summed E-state index contributed by atoms with van der Waals surface area (Å²) in [6.45, 7) is 3.25. The highest BCUT2D eigenvalue weighted by atomic mass is 35.5. The van der Waals surface area contributed by atoms with Crippen LogP contribution in [0.15, 0.2) is 18.2 Å². The van der Waals surface area contributed by atoms with Gasteiger partial charge >= 0.3 is 0 Å². The molecule has 7 heteroatoms. The Bertz CT molecular complexity index is 657. The third kappa shape index (κ3) is 2.73. The van der Waals surface area contributed by atoms with Gasteiger partial charge in [-0.2, -0.15) is 0 Å². The van der Waals surface area contributed by atoms with E-state index in [1.165, 1.54) is 0 Å². The zero-order valence-electron chi connectivity index (χ0n) is 12.0. The smallest absolute Gasteiger partial charge is 0.250 e. The van der Waals surface area contributed by atoms with Crippen molar-refractivity contribution in [1.82, 2.24) is 14.9 Å². The summed E-state index contributed by atoms with van der Waals surface area (Å²) in [5.74, 6) is 0.477. The van der Waals surface area contributed by atoms with E-state index in [0.717, 1.165) is 30.7 Å². The quantitative estimate of drug-likeness (QED) is 0.888. The average molecular weight is 331 g/mol. The molecule has 0 radical (unpaired) electrons. The summed E-state index contributed by atoms with van der Waals surface area (Å²) in [5.41, 5.74) is 7.33. The van der Waals surface area contributed by atoms with Crippen LogP contribution in [0.25, 0.3) is 11.0 Å². The first-order valence-corrected chi connectivity index (χ1v) is 6.52. The molecule has 3 N–H and O–H groups in total. The predicted octanol–water partition coefficient (Wildman–Crippen LogP) is 2.45. The Labute approximate surface area is 136 Å². The normalized spacial score (nSPS) is 21.8. The number of halogens is 2. The highest BCUT2D eigenvalue weighted by molar-refractivity contribution is 6.04. The van der Waals surface area contributed by atoms with Crippen molar-refractivity contribution in [3.05, 3.63) is 29.6 Å². The first kappa shape index (κ1) is 17.8. The molecule has 1 unspecified atom stereocenters. The maximum atomic E-state index is 11.4. The van der Waals surface area contributed by atoms with Crippen LogP contribution in [-0.4, -0.2) is 34.4 Å². The third-order valence-electron chi connectivity index (χ3n) is 4.29. The van der Waals surface area contributed by atoms with Crippen molar-refractivity contribution in [3.63, 3.8) is 0 Å². The van der Waals surface area contributed by atoms with Crippen molar-refractivity contribution in [3.8, 4) is 0 Å². The van der Waals surface area contributed by atoms with E-state index < -0.39 is 5.91 Å². The highest BCUT2D eigenvalue weighted by Gasteiger charge is 2.38. The molecule has 0 spiro atoms. The summed E-state index contributed by atoms with van der Waals surface area (Å²) >= 11 is 0. The fourth-order valence-electron chi connectivity index (χ4n) is 2.88. The van der Waals surface area contributed by atoms with Crippen molar-refractivity contribution >= 4 is 41.8 Å². The van der Waals surface area contributed by atoms with Crippen molar-refractivity contribution in [1.29, 1.82) is 0 Å². The van der Waals surface area contributed by atoms with Crippen molar-refractivity contribution in [2.75, 3.05) is 13.6 Å². The minimum atomic E-state index is -0.437. The molecule has 1 aliphatic heterocycles. The Morgan fingerprint density at radius 3 is 2.71 bits per heavy atom. The number of nitrogens with zero attached hydrogens (tertiary/aromatic N) is 2. The maximum absolute atomic E-state index is 11.4. The summed E-state index contributed by atoms with van der Waals surface area (Å²) in [7, 11) is 2.11. The topological polar surface area (TPSA) is 75.0 Å². The molecule has 3 rings (SSSR count). The van der Waals surface area contributed by atoms with E-state index in [2.05, 4.69) is 28.8 Å². The SMILES string of the molecule is CN1CCCC1(C)c1nc2c(C(N)=O)cccc2[nH]1.Cl.Cl. The minimum Gasteiger partial charge on any atom is -0.366 e. The van der Waals surface area contributed by atoms with Gasteiger partial charge in [-0.3, -0.25) is 9.69 Å². The molecule has 21 heavy (non-hydrogen) atoms. The Balaban J connectivity index is 0.00000110. The van der Waals surface area contributed by atoms with Gasteiger partial charge in [0.15, 0.2) is 0 Å². The molecule has 5 nitrogen and oxygen atoms in total. The van der Waals surface area contributed by atoms with Gasteiger partial charge in [-0.05, 0) is 45.5 Å². The highest BCUT2D eigenvalue weighted by Crippen LogP contribution is 2.36. The summed E-state index contributed by atoms with van der Waals surface area (Å²) in [4.78, 5) is 21.7. The van der Waals surface area contributed by atoms with Crippen LogP contribution in [0.2, 0.25) is 0 Å². The molecule has 116 valence electrons. The van der Waals surface area contributed by atoms with Gasteiger partial charge in [0.2, 0.25) is 0 Å². The lowest BCUT2D eigenvalue weighted by Gasteiger charge is -2.29. The van der Waals surface area contributed by atoms with Gasteiger partial charge < -0.3 is 10.7 Å². The van der Waals surface area contributed by atoms with Crippen LogP contribution in [0.3, 0.4) is 0 Å². The van der Waals surface area contributed by atoms with Gasteiger partial charge in [0.05, 0.1) is 16.6 Å². The standard InChI is InChI=1S/C14H18N4O.2ClH/c1-14(7-4-8-18(14)2)13-16-10-6-3-5-9(12(15)19)11(10)17-13;;/h3,5-6H,4,7-8H2,1-2H3,(H2,15,19)(H,16,17);2*1H. The first-order chi connectivity index (χ1) is 9.02. The van der Waals surface area contributed by atoms with E-state index in [-0.39, 0.29) is 30.4 Å². The minimum absolute atomic E-state index is 0. The predicted molar refractivity (Wildman–Crippen MR) is 88.3 cm³/mol. The number of fused-ring (bicyclic) bond motifs is 1. The lowest BCUT2D eigenvalue weighted by atomic mass is 9.98. The molecule has 0 bridgehead atoms. The molecule has 2 aromatic rings. The van der Waals surface area contributed by atoms with E-state index in [4.69, 9.17) is 5.73 Å². The molecule has 1 aromatic heterocycles. The van der Waals surface area contributed by atoms with E-state index in [1.807, 2.05) is 12.1 Å². The number of nitrogens with one attached hydrogen (secondary N) is 1. The number of hydrogen-bond donors (Lipinski definition) is 2. The lowest BCUT2D eigenvalue weighted by Crippen LogP contribution is -2.36. The van der Waals surface area contributed by atoms with Crippen LogP contribution >= 0.6 is 24.8 Å². The molecule has 0 aliphatic carbocycles. The van der Waals surface area contributed by atoms with Gasteiger partial charge in [0.25, 0.3) is 5.91 Å². The molecule has 0 saturated carbocycles. The Kier molecular flexibility index (Phi) is 5.25. The molecular weight excluding hydrogens is 311 g/mol. The second-order valence-electron chi connectivity index (χ2n) is 5.45. The number of amides is 1. The van der Waals surface area contributed by atoms with Crippen LogP contribution in [0.4, 0.5) is 0 Å². The fourth-order valence-corrected chi connectivity index (χ4v) is 2.88. The van der Waals surface area contributed by atoms with Crippen LogP contribution in [0.1, 0.15) is 35.9 Å². The van der Waals surface area contributed by atoms with E-state index in [0.29, 0.717) is 11.1 Å². The van der Waals surface area contributed by atoms with Crippen molar-refractivity contribution < 1.29 is 4.79 Å². The van der Waals surface area contributed by atoms with Crippen LogP contribution in [-0.2, 0) is 5.54 Å². The number of benzene rings is 1. The van der Waals surface area contributed by atoms with Gasteiger partial charge in [-0.15, -0.1) is 24.8 Å². The van der Waals surface area contributed by atoms with Crippen LogP contribution in [0.5, 0.6) is 0 Å². The monoisotopic (exact) mass is 330 g/mol. The average Bonchev–Trinajstić information content (AvgIpc) is 2.94. The number of rotatable bonds is 2. The number of hydrogen-bond acceptors (Lipinski definition) is 3. The second-order valence-corrected chi connectivity index (χ2v) is 5.45. The van der Waals surface area contributed by atoms with Gasteiger partial charge in [-0.25, -0.2) is 4.98 Å². The van der Waals surface area contributed by atoms with Crippen LogP contribution < -0.4 is 5.73 Å². The van der Waals surface area contributed by atoms with Crippen molar-refractivity contribution in [2.45, 2.75) is 25.3 Å². The Hall–Kier alpha value is -1.30. The molecule has 1 aliphatic rings. The molecule has 1 fully saturated rings. The van der Waals surface area contributed by atoms with Gasteiger partial charge in [0, 0.05) is 0 Å². The molecule has 1 amide bonds. The summed E-state index contributed by atoms with van der Waals surface area (Å²) in [6, 6.07) is 5.47. The number of imidazole rings is 1. The van der Waals surface area contributed by atoms with E-state index >= 15 is 0 Å². The number of nitrogens with two attached hydrogens (primary N) is 1. The van der Waals surface area contributed by atoms with E-state index in [1.54, 1.807) is 6.07 Å². The Morgan fingerprint density at radius 2 is 2.14 bits per heavy atom. The van der Waals surface area contributed by atoms with Crippen LogP contribution in [0, 0.1) is 0 Å². The van der Waals surface area contributed by atoms with E-state index in [9.17, 15) is 4.79 Å². The number of para-hydroxylation sites is 1. The number of H-pyrrole nitrogens is 1. The summed E-state index contributed by atoms with van der Waals surface area (Å²) < 4.78 is 0.